The van der Waals surface area contributed by atoms with Gasteiger partial charge in [-0.15, -0.1) is 0 Å². The Kier molecular flexibility index (Phi) is 7.93. The van der Waals surface area contributed by atoms with Crippen molar-refractivity contribution in [2.24, 2.45) is 0 Å². The zero-order valence-corrected chi connectivity index (χ0v) is 20.6. The Labute approximate surface area is 204 Å². The number of ether oxygens (including phenoxy) is 1. The number of carbonyl (C=O) groups excluding carboxylic acids is 2. The van der Waals surface area contributed by atoms with Crippen molar-refractivity contribution in [2.45, 2.75) is 25.7 Å². The van der Waals surface area contributed by atoms with Gasteiger partial charge < -0.3 is 14.5 Å². The van der Waals surface area contributed by atoms with E-state index in [1.54, 1.807) is 37.4 Å². The standard InChI is InChI=1S/C26H26N2O6S/c1-17(10-11-18(2)33-4)20-12-14-21(15-13-20)27-25(29)23-16-24(34-19(23)3)26(30)28-35(31,32)22-8-6-5-7-9-22/h5-16H,1-4H3,(H,27,29)(H,28,30)/b17-10+,18-11+. The van der Waals surface area contributed by atoms with E-state index in [1.165, 1.54) is 25.1 Å². The van der Waals surface area contributed by atoms with Crippen molar-refractivity contribution in [3.63, 3.8) is 0 Å². The Hall–Kier alpha value is -4.11. The molecule has 8 nitrogen and oxygen atoms in total. The van der Waals surface area contributed by atoms with E-state index in [0.29, 0.717) is 5.69 Å². The van der Waals surface area contributed by atoms with Crippen LogP contribution in [-0.2, 0) is 14.8 Å². The molecule has 3 rings (SSSR count). The molecule has 0 spiro atoms. The van der Waals surface area contributed by atoms with Crippen LogP contribution >= 0.6 is 0 Å². The number of hydrogen-bond donors (Lipinski definition) is 2. The van der Waals surface area contributed by atoms with Crippen molar-refractivity contribution >= 4 is 33.1 Å². The maximum Gasteiger partial charge on any atom is 0.300 e. The molecule has 1 aromatic heterocycles. The summed E-state index contributed by atoms with van der Waals surface area (Å²) in [4.78, 5) is 25.2. The van der Waals surface area contributed by atoms with E-state index >= 15 is 0 Å². The Morgan fingerprint density at radius 2 is 1.60 bits per heavy atom. The number of furan rings is 1. The highest BCUT2D eigenvalue weighted by Gasteiger charge is 2.24. The summed E-state index contributed by atoms with van der Waals surface area (Å²) in [6, 6.07) is 15.9. The first-order valence-electron chi connectivity index (χ1n) is 10.6. The van der Waals surface area contributed by atoms with E-state index in [4.69, 9.17) is 9.15 Å². The minimum Gasteiger partial charge on any atom is -0.501 e. The lowest BCUT2D eigenvalue weighted by Crippen LogP contribution is -2.30. The summed E-state index contributed by atoms with van der Waals surface area (Å²) in [5.41, 5.74) is 2.66. The van der Waals surface area contributed by atoms with Crippen molar-refractivity contribution in [3.05, 3.63) is 101 Å². The SMILES string of the molecule is CO/C(C)=C/C=C(\C)c1ccc(NC(=O)c2cc(C(=O)NS(=O)(=O)c3ccccc3)oc2C)cc1. The molecule has 182 valence electrons. The van der Waals surface area contributed by atoms with Gasteiger partial charge in [0.2, 0.25) is 0 Å². The molecule has 1 heterocycles. The highest BCUT2D eigenvalue weighted by Crippen LogP contribution is 2.20. The van der Waals surface area contributed by atoms with Crippen LogP contribution in [0.2, 0.25) is 0 Å². The van der Waals surface area contributed by atoms with E-state index < -0.39 is 21.8 Å². The average molecular weight is 495 g/mol. The fourth-order valence-electron chi connectivity index (χ4n) is 3.07. The van der Waals surface area contributed by atoms with Crippen molar-refractivity contribution in [1.82, 2.24) is 4.72 Å². The lowest BCUT2D eigenvalue weighted by atomic mass is 10.1. The molecule has 9 heteroatoms. The fraction of sp³-hybridized carbons (Fsp3) is 0.154. The van der Waals surface area contributed by atoms with Crippen molar-refractivity contribution in [1.29, 1.82) is 0 Å². The van der Waals surface area contributed by atoms with Crippen LogP contribution in [0.3, 0.4) is 0 Å². The highest BCUT2D eigenvalue weighted by atomic mass is 32.2. The van der Waals surface area contributed by atoms with Gasteiger partial charge >= 0.3 is 5.91 Å². The number of benzene rings is 2. The molecular weight excluding hydrogens is 468 g/mol. The Morgan fingerprint density at radius 3 is 2.23 bits per heavy atom. The van der Waals surface area contributed by atoms with E-state index in [9.17, 15) is 18.0 Å². The van der Waals surface area contributed by atoms with Crippen LogP contribution in [0.5, 0.6) is 0 Å². The summed E-state index contributed by atoms with van der Waals surface area (Å²) in [6.07, 6.45) is 3.80. The number of allylic oxidation sites excluding steroid dienone is 4. The molecule has 0 saturated carbocycles. The van der Waals surface area contributed by atoms with E-state index in [1.807, 2.05) is 42.9 Å². The Bertz CT molecular complexity index is 1390. The molecule has 2 N–H and O–H groups in total. The van der Waals surface area contributed by atoms with Gasteiger partial charge in [0.15, 0.2) is 5.76 Å². The zero-order valence-electron chi connectivity index (χ0n) is 19.8. The van der Waals surface area contributed by atoms with Crippen molar-refractivity contribution in [2.75, 3.05) is 12.4 Å². The summed E-state index contributed by atoms with van der Waals surface area (Å²) in [5.74, 6) is -0.784. The fourth-order valence-corrected chi connectivity index (χ4v) is 4.05. The Balaban J connectivity index is 1.70. The third-order valence-electron chi connectivity index (χ3n) is 5.15. The first-order valence-corrected chi connectivity index (χ1v) is 12.1. The average Bonchev–Trinajstić information content (AvgIpc) is 3.25. The summed E-state index contributed by atoms with van der Waals surface area (Å²) >= 11 is 0. The molecule has 0 aliphatic carbocycles. The molecule has 2 amide bonds. The number of amides is 2. The second kappa shape index (κ2) is 10.9. The topological polar surface area (TPSA) is 115 Å². The minimum absolute atomic E-state index is 0.0621. The van der Waals surface area contributed by atoms with Gasteiger partial charge in [-0.25, -0.2) is 13.1 Å². The van der Waals surface area contributed by atoms with Gasteiger partial charge in [-0.3, -0.25) is 9.59 Å². The molecule has 0 radical (unpaired) electrons. The molecular formula is C26H26N2O6S. The molecule has 0 aliphatic heterocycles. The van der Waals surface area contributed by atoms with Crippen molar-refractivity contribution in [3.8, 4) is 0 Å². The molecule has 2 aromatic carbocycles. The summed E-state index contributed by atoms with van der Waals surface area (Å²) < 4.78 is 37.2. The predicted molar refractivity (Wildman–Crippen MR) is 133 cm³/mol. The highest BCUT2D eigenvalue weighted by molar-refractivity contribution is 7.90. The quantitative estimate of drug-likeness (QED) is 0.340. The second-order valence-electron chi connectivity index (χ2n) is 7.69. The third-order valence-corrected chi connectivity index (χ3v) is 6.50. The molecule has 0 atom stereocenters. The lowest BCUT2D eigenvalue weighted by Gasteiger charge is -2.06. The van der Waals surface area contributed by atoms with Crippen LogP contribution in [0.15, 0.2) is 87.9 Å². The van der Waals surface area contributed by atoms with Crippen LogP contribution in [0, 0.1) is 6.92 Å². The number of carbonyl (C=O) groups is 2. The third kappa shape index (κ3) is 6.48. The first kappa shape index (κ1) is 25.5. The largest absolute Gasteiger partial charge is 0.501 e. The summed E-state index contributed by atoms with van der Waals surface area (Å²) in [5, 5.41) is 2.75. The number of hydrogen-bond acceptors (Lipinski definition) is 6. The van der Waals surface area contributed by atoms with E-state index in [-0.39, 0.29) is 22.0 Å². The number of methoxy groups -OCH3 is 1. The summed E-state index contributed by atoms with van der Waals surface area (Å²) in [7, 11) is -2.47. The second-order valence-corrected chi connectivity index (χ2v) is 9.37. The van der Waals surface area contributed by atoms with E-state index in [2.05, 4.69) is 5.32 Å². The molecule has 0 aliphatic rings. The molecule has 0 fully saturated rings. The monoisotopic (exact) mass is 494 g/mol. The smallest absolute Gasteiger partial charge is 0.300 e. The van der Waals surface area contributed by atoms with Crippen LogP contribution in [-0.4, -0.2) is 27.3 Å². The number of aryl methyl sites for hydroxylation is 1. The van der Waals surface area contributed by atoms with Gasteiger partial charge in [-0.05, 0) is 62.2 Å². The number of anilines is 1. The molecule has 0 unspecified atom stereocenters. The number of rotatable bonds is 8. The minimum atomic E-state index is -4.08. The van der Waals surface area contributed by atoms with Gasteiger partial charge in [0, 0.05) is 11.8 Å². The number of sulfonamides is 1. The predicted octanol–water partition coefficient (Wildman–Crippen LogP) is 4.91. The number of nitrogens with one attached hydrogen (secondary N) is 2. The van der Waals surface area contributed by atoms with Crippen LogP contribution < -0.4 is 10.0 Å². The van der Waals surface area contributed by atoms with E-state index in [0.717, 1.165) is 16.9 Å². The van der Waals surface area contributed by atoms with Gasteiger partial charge in [-0.1, -0.05) is 36.4 Å². The zero-order chi connectivity index (χ0) is 25.6. The molecule has 35 heavy (non-hydrogen) atoms. The van der Waals surface area contributed by atoms with Gasteiger partial charge in [0.05, 0.1) is 23.3 Å². The maximum atomic E-state index is 12.8. The molecule has 3 aromatic rings. The van der Waals surface area contributed by atoms with Crippen LogP contribution in [0.4, 0.5) is 5.69 Å². The lowest BCUT2D eigenvalue weighted by molar-refractivity contribution is 0.0952. The van der Waals surface area contributed by atoms with Crippen LogP contribution in [0.25, 0.3) is 5.57 Å². The van der Waals surface area contributed by atoms with Crippen LogP contribution in [0.1, 0.15) is 46.1 Å². The first-order chi connectivity index (χ1) is 16.6. The van der Waals surface area contributed by atoms with Gasteiger partial charge in [0.25, 0.3) is 15.9 Å². The van der Waals surface area contributed by atoms with Gasteiger partial charge in [-0.2, -0.15) is 0 Å². The van der Waals surface area contributed by atoms with Gasteiger partial charge in [0.1, 0.15) is 5.76 Å². The Morgan fingerprint density at radius 1 is 0.943 bits per heavy atom. The molecule has 0 saturated heterocycles. The normalized spacial score (nSPS) is 12.2. The molecule has 0 bridgehead atoms. The summed E-state index contributed by atoms with van der Waals surface area (Å²) in [6.45, 7) is 5.34. The maximum absolute atomic E-state index is 12.8. The van der Waals surface area contributed by atoms with Crippen molar-refractivity contribution < 1.29 is 27.2 Å².